The highest BCUT2D eigenvalue weighted by atomic mass is 32.2. The lowest BCUT2D eigenvalue weighted by Gasteiger charge is -2.06. The van der Waals surface area contributed by atoms with Crippen molar-refractivity contribution in [2.45, 2.75) is 5.75 Å². The maximum Gasteiger partial charge on any atom is 0.255 e. The van der Waals surface area contributed by atoms with Crippen molar-refractivity contribution >= 4 is 23.4 Å². The van der Waals surface area contributed by atoms with Crippen LogP contribution < -0.4 is 5.32 Å². The number of nitrogens with one attached hydrogen (secondary N) is 1. The number of halogens is 1. The molecule has 1 amide bonds. The van der Waals surface area contributed by atoms with Crippen molar-refractivity contribution in [3.63, 3.8) is 0 Å². The number of carbonyl (C=O) groups is 1. The summed E-state index contributed by atoms with van der Waals surface area (Å²) in [6.07, 6.45) is 2.01. The van der Waals surface area contributed by atoms with Crippen LogP contribution in [0.3, 0.4) is 0 Å². The third-order valence-corrected chi connectivity index (χ3v) is 3.20. The van der Waals surface area contributed by atoms with E-state index in [2.05, 4.69) is 5.32 Å². The maximum atomic E-state index is 13.0. The first-order chi connectivity index (χ1) is 9.19. The lowest BCUT2D eigenvalue weighted by molar-refractivity contribution is 0.102. The summed E-state index contributed by atoms with van der Waals surface area (Å²) in [7, 11) is 0. The quantitative estimate of drug-likeness (QED) is 0.915. The molecule has 0 bridgehead atoms. The first-order valence-corrected chi connectivity index (χ1v) is 7.23. The summed E-state index contributed by atoms with van der Waals surface area (Å²) < 4.78 is 13.0. The van der Waals surface area contributed by atoms with E-state index in [1.54, 1.807) is 30.0 Å². The Hall–Kier alpha value is -1.81. The first-order valence-electron chi connectivity index (χ1n) is 5.84. The summed E-state index contributed by atoms with van der Waals surface area (Å²) in [5.41, 5.74) is 2.13. The molecule has 19 heavy (non-hydrogen) atoms. The topological polar surface area (TPSA) is 29.1 Å². The van der Waals surface area contributed by atoms with Gasteiger partial charge in [0.2, 0.25) is 0 Å². The van der Waals surface area contributed by atoms with Gasteiger partial charge in [0.1, 0.15) is 5.82 Å². The molecule has 2 aromatic carbocycles. The summed E-state index contributed by atoms with van der Waals surface area (Å²) in [4.78, 5) is 12.0. The molecule has 0 radical (unpaired) electrons. The van der Waals surface area contributed by atoms with Gasteiger partial charge in [-0.1, -0.05) is 18.2 Å². The van der Waals surface area contributed by atoms with E-state index in [0.717, 1.165) is 11.3 Å². The molecule has 0 aromatic heterocycles. The molecule has 2 nitrogen and oxygen atoms in total. The number of anilines is 1. The largest absolute Gasteiger partial charge is 0.322 e. The molecule has 1 N–H and O–H groups in total. The van der Waals surface area contributed by atoms with Gasteiger partial charge < -0.3 is 5.32 Å². The molecule has 0 fully saturated rings. The summed E-state index contributed by atoms with van der Waals surface area (Å²) in [6, 6.07) is 13.3. The molecule has 0 atom stereocenters. The average molecular weight is 275 g/mol. The molecule has 4 heteroatoms. The van der Waals surface area contributed by atoms with Gasteiger partial charge in [-0.25, -0.2) is 4.39 Å². The molecular weight excluding hydrogens is 261 g/mol. The molecule has 2 rings (SSSR count). The minimum atomic E-state index is -0.367. The Kier molecular flexibility index (Phi) is 4.58. The molecule has 0 aliphatic carbocycles. The Morgan fingerprint density at radius 1 is 1.21 bits per heavy atom. The number of carbonyl (C=O) groups excluding carboxylic acids is 1. The van der Waals surface area contributed by atoms with Crippen LogP contribution >= 0.6 is 11.8 Å². The van der Waals surface area contributed by atoms with Crippen molar-refractivity contribution in [1.29, 1.82) is 0 Å². The van der Waals surface area contributed by atoms with Gasteiger partial charge in [-0.05, 0) is 42.2 Å². The van der Waals surface area contributed by atoms with Gasteiger partial charge in [0.25, 0.3) is 5.91 Å². The number of benzene rings is 2. The summed E-state index contributed by atoms with van der Waals surface area (Å²) in [5, 5.41) is 2.68. The second kappa shape index (κ2) is 6.38. The molecule has 2 aromatic rings. The van der Waals surface area contributed by atoms with Crippen LogP contribution in [0.2, 0.25) is 0 Å². The Balaban J connectivity index is 2.13. The molecule has 98 valence electrons. The van der Waals surface area contributed by atoms with E-state index in [-0.39, 0.29) is 11.7 Å². The zero-order valence-electron chi connectivity index (χ0n) is 10.5. The third kappa shape index (κ3) is 3.83. The normalized spacial score (nSPS) is 10.2. The maximum absolute atomic E-state index is 13.0. The predicted octanol–water partition coefficient (Wildman–Crippen LogP) is 3.94. The Bertz CT molecular complexity index is 586. The van der Waals surface area contributed by atoms with Crippen LogP contribution in [0.1, 0.15) is 15.9 Å². The number of amides is 1. The summed E-state index contributed by atoms with van der Waals surface area (Å²) in [5.74, 6) is 0.267. The SMILES string of the molecule is CSCc1cccc(C(=O)Nc2cccc(F)c2)c1. The first kappa shape index (κ1) is 13.6. The van der Waals surface area contributed by atoms with Crippen molar-refractivity contribution < 1.29 is 9.18 Å². The van der Waals surface area contributed by atoms with E-state index in [1.165, 1.54) is 12.1 Å². The monoisotopic (exact) mass is 275 g/mol. The Labute approximate surface area is 116 Å². The fourth-order valence-corrected chi connectivity index (χ4v) is 2.25. The molecule has 0 unspecified atom stereocenters. The van der Waals surface area contributed by atoms with Crippen molar-refractivity contribution in [2.24, 2.45) is 0 Å². The van der Waals surface area contributed by atoms with Gasteiger partial charge in [-0.15, -0.1) is 0 Å². The lowest BCUT2D eigenvalue weighted by Crippen LogP contribution is -2.12. The van der Waals surface area contributed by atoms with Gasteiger partial charge in [0, 0.05) is 17.0 Å². The van der Waals surface area contributed by atoms with Gasteiger partial charge in [0.15, 0.2) is 0 Å². The van der Waals surface area contributed by atoms with Gasteiger partial charge in [-0.2, -0.15) is 11.8 Å². The minimum absolute atomic E-state index is 0.228. The molecule has 0 aliphatic rings. The fourth-order valence-electron chi connectivity index (χ4n) is 1.74. The van der Waals surface area contributed by atoms with E-state index in [9.17, 15) is 9.18 Å². The van der Waals surface area contributed by atoms with Crippen molar-refractivity contribution in [3.8, 4) is 0 Å². The van der Waals surface area contributed by atoms with Crippen LogP contribution in [0, 0.1) is 5.82 Å². The van der Waals surface area contributed by atoms with Crippen LogP contribution in [0.5, 0.6) is 0 Å². The van der Waals surface area contributed by atoms with Crippen LogP contribution in [-0.4, -0.2) is 12.2 Å². The average Bonchev–Trinajstić information content (AvgIpc) is 2.39. The van der Waals surface area contributed by atoms with Gasteiger partial charge >= 0.3 is 0 Å². The van der Waals surface area contributed by atoms with Crippen LogP contribution in [-0.2, 0) is 5.75 Å². The number of hydrogen-bond donors (Lipinski definition) is 1. The van der Waals surface area contributed by atoms with E-state index < -0.39 is 0 Å². The smallest absolute Gasteiger partial charge is 0.255 e. The number of hydrogen-bond acceptors (Lipinski definition) is 2. The highest BCUT2D eigenvalue weighted by Crippen LogP contribution is 2.14. The molecule has 0 heterocycles. The molecule has 0 saturated heterocycles. The number of thioether (sulfide) groups is 1. The second-order valence-corrected chi connectivity index (χ2v) is 4.96. The molecule has 0 spiro atoms. The highest BCUT2D eigenvalue weighted by molar-refractivity contribution is 7.97. The minimum Gasteiger partial charge on any atom is -0.322 e. The lowest BCUT2D eigenvalue weighted by atomic mass is 10.1. The predicted molar refractivity (Wildman–Crippen MR) is 78.0 cm³/mol. The van der Waals surface area contributed by atoms with Crippen molar-refractivity contribution in [3.05, 3.63) is 65.5 Å². The summed E-state index contributed by atoms with van der Waals surface area (Å²) in [6.45, 7) is 0. The molecular formula is C15H14FNOS. The van der Waals surface area contributed by atoms with Crippen molar-refractivity contribution in [1.82, 2.24) is 0 Å². The Morgan fingerprint density at radius 2 is 2.00 bits per heavy atom. The fraction of sp³-hybridized carbons (Fsp3) is 0.133. The van der Waals surface area contributed by atoms with Crippen LogP contribution in [0.4, 0.5) is 10.1 Å². The molecule has 0 saturated carbocycles. The van der Waals surface area contributed by atoms with E-state index in [4.69, 9.17) is 0 Å². The zero-order valence-corrected chi connectivity index (χ0v) is 11.3. The van der Waals surface area contributed by atoms with E-state index in [1.807, 2.05) is 24.5 Å². The Morgan fingerprint density at radius 3 is 2.74 bits per heavy atom. The number of rotatable bonds is 4. The van der Waals surface area contributed by atoms with Crippen LogP contribution in [0.15, 0.2) is 48.5 Å². The summed E-state index contributed by atoms with van der Waals surface area (Å²) >= 11 is 1.70. The van der Waals surface area contributed by atoms with Crippen molar-refractivity contribution in [2.75, 3.05) is 11.6 Å². The van der Waals surface area contributed by atoms with Gasteiger partial charge in [-0.3, -0.25) is 4.79 Å². The molecule has 0 aliphatic heterocycles. The van der Waals surface area contributed by atoms with Crippen LogP contribution in [0.25, 0.3) is 0 Å². The van der Waals surface area contributed by atoms with E-state index >= 15 is 0 Å². The van der Waals surface area contributed by atoms with Gasteiger partial charge in [0.05, 0.1) is 0 Å². The second-order valence-electron chi connectivity index (χ2n) is 4.10. The highest BCUT2D eigenvalue weighted by Gasteiger charge is 2.07. The van der Waals surface area contributed by atoms with E-state index in [0.29, 0.717) is 11.3 Å². The third-order valence-electron chi connectivity index (χ3n) is 2.58. The zero-order chi connectivity index (χ0) is 13.7. The standard InChI is InChI=1S/C15H14FNOS/c1-19-10-11-4-2-5-12(8-11)15(18)17-14-7-3-6-13(16)9-14/h2-9H,10H2,1H3,(H,17,18).